The molecule has 0 aromatic carbocycles. The van der Waals surface area contributed by atoms with E-state index in [1.54, 1.807) is 0 Å². The Labute approximate surface area is 94.5 Å². The predicted molar refractivity (Wildman–Crippen MR) is 56.7 cm³/mol. The lowest BCUT2D eigenvalue weighted by atomic mass is 10.1. The van der Waals surface area contributed by atoms with Gasteiger partial charge in [0.05, 0.1) is 5.56 Å². The Morgan fingerprint density at radius 1 is 1.35 bits per heavy atom. The van der Waals surface area contributed by atoms with Crippen molar-refractivity contribution in [3.05, 3.63) is 39.8 Å². The van der Waals surface area contributed by atoms with Gasteiger partial charge in [-0.3, -0.25) is 9.36 Å². The van der Waals surface area contributed by atoms with Crippen LogP contribution >= 0.6 is 0 Å². The number of hydrogen-bond acceptors (Lipinski definition) is 2. The van der Waals surface area contributed by atoms with Crippen LogP contribution in [-0.2, 0) is 13.2 Å². The standard InChI is InChI=1S/C11H9F3N2O/c1-6-8(11(12,13)14)7-4-3-5-15-9(7)16(2)10(6)17/h3-5H,1-2H3. The number of rotatable bonds is 0. The normalized spacial score (nSPS) is 12.1. The molecule has 6 heteroatoms. The second-order valence-electron chi connectivity index (χ2n) is 3.74. The zero-order valence-corrected chi connectivity index (χ0v) is 9.17. The summed E-state index contributed by atoms with van der Waals surface area (Å²) in [5.74, 6) is 0. The van der Waals surface area contributed by atoms with Crippen molar-refractivity contribution in [1.82, 2.24) is 9.55 Å². The van der Waals surface area contributed by atoms with Crippen LogP contribution in [0.1, 0.15) is 11.1 Å². The Morgan fingerprint density at radius 2 is 2.00 bits per heavy atom. The van der Waals surface area contributed by atoms with Crippen LogP contribution in [0, 0.1) is 6.92 Å². The molecule has 0 aliphatic rings. The predicted octanol–water partition coefficient (Wildman–Crippen LogP) is 2.26. The SMILES string of the molecule is Cc1c(C(F)(F)F)c2cccnc2n(C)c1=O. The molecule has 0 bridgehead atoms. The number of halogens is 3. The van der Waals surface area contributed by atoms with E-state index < -0.39 is 17.3 Å². The molecular weight excluding hydrogens is 233 g/mol. The first-order valence-electron chi connectivity index (χ1n) is 4.85. The maximum atomic E-state index is 12.9. The highest BCUT2D eigenvalue weighted by molar-refractivity contribution is 5.80. The summed E-state index contributed by atoms with van der Waals surface area (Å²) in [4.78, 5) is 15.5. The molecule has 0 fully saturated rings. The molecule has 3 nitrogen and oxygen atoms in total. The summed E-state index contributed by atoms with van der Waals surface area (Å²) in [5.41, 5.74) is -1.84. The second kappa shape index (κ2) is 3.58. The van der Waals surface area contributed by atoms with Gasteiger partial charge >= 0.3 is 6.18 Å². The molecule has 0 atom stereocenters. The van der Waals surface area contributed by atoms with E-state index in [4.69, 9.17) is 0 Å². The van der Waals surface area contributed by atoms with Crippen molar-refractivity contribution in [2.75, 3.05) is 0 Å². The van der Waals surface area contributed by atoms with Crippen LogP contribution in [0.4, 0.5) is 13.2 Å². The molecule has 2 aromatic rings. The van der Waals surface area contributed by atoms with Crippen LogP contribution in [0.2, 0.25) is 0 Å². The summed E-state index contributed by atoms with van der Waals surface area (Å²) in [6.07, 6.45) is -3.20. The smallest absolute Gasteiger partial charge is 0.296 e. The Bertz CT molecular complexity index is 643. The molecule has 2 aromatic heterocycles. The van der Waals surface area contributed by atoms with E-state index in [9.17, 15) is 18.0 Å². The fraction of sp³-hybridized carbons (Fsp3) is 0.273. The summed E-state index contributed by atoms with van der Waals surface area (Å²) >= 11 is 0. The largest absolute Gasteiger partial charge is 0.417 e. The lowest BCUT2D eigenvalue weighted by Gasteiger charge is -2.14. The van der Waals surface area contributed by atoms with Gasteiger partial charge in [0.2, 0.25) is 0 Å². The molecule has 2 heterocycles. The van der Waals surface area contributed by atoms with Gasteiger partial charge in [-0.25, -0.2) is 4.98 Å². The van der Waals surface area contributed by atoms with Crippen molar-refractivity contribution in [1.29, 1.82) is 0 Å². The lowest BCUT2D eigenvalue weighted by molar-refractivity contribution is -0.136. The van der Waals surface area contributed by atoms with Gasteiger partial charge in [0, 0.05) is 24.2 Å². The third-order valence-electron chi connectivity index (χ3n) is 2.66. The number of aryl methyl sites for hydroxylation is 1. The number of fused-ring (bicyclic) bond motifs is 1. The monoisotopic (exact) mass is 242 g/mol. The van der Waals surface area contributed by atoms with Gasteiger partial charge in [0.1, 0.15) is 5.65 Å². The van der Waals surface area contributed by atoms with E-state index in [0.29, 0.717) is 0 Å². The highest BCUT2D eigenvalue weighted by Crippen LogP contribution is 2.35. The van der Waals surface area contributed by atoms with E-state index in [1.165, 1.54) is 32.3 Å². The van der Waals surface area contributed by atoms with Gasteiger partial charge in [-0.15, -0.1) is 0 Å². The molecule has 2 rings (SSSR count). The van der Waals surface area contributed by atoms with E-state index in [-0.39, 0.29) is 16.6 Å². The fourth-order valence-corrected chi connectivity index (χ4v) is 1.88. The van der Waals surface area contributed by atoms with Gasteiger partial charge < -0.3 is 0 Å². The van der Waals surface area contributed by atoms with Crippen molar-refractivity contribution in [2.45, 2.75) is 13.1 Å². The first-order chi connectivity index (χ1) is 7.84. The van der Waals surface area contributed by atoms with E-state index in [2.05, 4.69) is 4.98 Å². The van der Waals surface area contributed by atoms with Crippen molar-refractivity contribution in [2.24, 2.45) is 7.05 Å². The quantitative estimate of drug-likeness (QED) is 0.710. The van der Waals surface area contributed by atoms with Crippen molar-refractivity contribution < 1.29 is 13.2 Å². The average Bonchev–Trinajstić information content (AvgIpc) is 2.24. The van der Waals surface area contributed by atoms with Crippen molar-refractivity contribution >= 4 is 11.0 Å². The van der Waals surface area contributed by atoms with Gasteiger partial charge in [0.15, 0.2) is 0 Å². The molecule has 0 aliphatic carbocycles. The molecule has 17 heavy (non-hydrogen) atoms. The van der Waals surface area contributed by atoms with E-state index >= 15 is 0 Å². The Morgan fingerprint density at radius 3 is 2.59 bits per heavy atom. The topological polar surface area (TPSA) is 34.9 Å². The van der Waals surface area contributed by atoms with Crippen LogP contribution in [0.15, 0.2) is 23.1 Å². The van der Waals surface area contributed by atoms with E-state index in [1.807, 2.05) is 0 Å². The fourth-order valence-electron chi connectivity index (χ4n) is 1.88. The first kappa shape index (κ1) is 11.6. The minimum Gasteiger partial charge on any atom is -0.296 e. The number of nitrogens with zero attached hydrogens (tertiary/aromatic N) is 2. The molecule has 90 valence electrons. The lowest BCUT2D eigenvalue weighted by Crippen LogP contribution is -2.25. The zero-order valence-electron chi connectivity index (χ0n) is 9.17. The molecule has 0 saturated heterocycles. The van der Waals surface area contributed by atoms with Gasteiger partial charge in [-0.05, 0) is 19.1 Å². The molecule has 0 N–H and O–H groups in total. The molecule has 0 spiro atoms. The molecular formula is C11H9F3N2O. The highest BCUT2D eigenvalue weighted by Gasteiger charge is 2.36. The third kappa shape index (κ3) is 1.69. The zero-order chi connectivity index (χ0) is 12.8. The molecule has 0 saturated carbocycles. The van der Waals surface area contributed by atoms with Crippen molar-refractivity contribution in [3.8, 4) is 0 Å². The minimum atomic E-state index is -4.56. The van der Waals surface area contributed by atoms with Gasteiger partial charge in [0.25, 0.3) is 5.56 Å². The maximum absolute atomic E-state index is 12.9. The minimum absolute atomic E-state index is 0.0374. The molecule has 0 amide bonds. The van der Waals surface area contributed by atoms with E-state index in [0.717, 1.165) is 4.57 Å². The Kier molecular flexibility index (Phi) is 2.45. The molecule has 0 unspecified atom stereocenters. The summed E-state index contributed by atoms with van der Waals surface area (Å²) < 4.78 is 39.9. The average molecular weight is 242 g/mol. The Balaban J connectivity index is 3.07. The number of aromatic nitrogens is 2. The van der Waals surface area contributed by atoms with Gasteiger partial charge in [-0.1, -0.05) is 0 Å². The van der Waals surface area contributed by atoms with Gasteiger partial charge in [-0.2, -0.15) is 13.2 Å². The summed E-state index contributed by atoms with van der Waals surface area (Å²) in [5, 5.41) is -0.0559. The number of hydrogen-bond donors (Lipinski definition) is 0. The maximum Gasteiger partial charge on any atom is 0.417 e. The van der Waals surface area contributed by atoms with Crippen LogP contribution < -0.4 is 5.56 Å². The van der Waals surface area contributed by atoms with Crippen LogP contribution in [0.5, 0.6) is 0 Å². The highest BCUT2D eigenvalue weighted by atomic mass is 19.4. The van der Waals surface area contributed by atoms with Crippen LogP contribution in [-0.4, -0.2) is 9.55 Å². The van der Waals surface area contributed by atoms with Crippen LogP contribution in [0.25, 0.3) is 11.0 Å². The molecule has 0 aliphatic heterocycles. The Hall–Kier alpha value is -1.85. The summed E-state index contributed by atoms with van der Waals surface area (Å²) in [6.45, 7) is 1.18. The summed E-state index contributed by atoms with van der Waals surface area (Å²) in [7, 11) is 1.41. The first-order valence-corrected chi connectivity index (χ1v) is 4.85. The third-order valence-corrected chi connectivity index (χ3v) is 2.66. The number of pyridine rings is 2. The van der Waals surface area contributed by atoms with Crippen LogP contribution in [0.3, 0.4) is 0 Å². The summed E-state index contributed by atoms with van der Waals surface area (Å²) in [6, 6.07) is 2.74. The molecule has 0 radical (unpaired) electrons. The number of alkyl halides is 3. The van der Waals surface area contributed by atoms with Crippen molar-refractivity contribution in [3.63, 3.8) is 0 Å². The second-order valence-corrected chi connectivity index (χ2v) is 3.74.